The van der Waals surface area contributed by atoms with Gasteiger partial charge in [0.05, 0.1) is 6.54 Å². The Kier molecular flexibility index (Phi) is 8.22. The van der Waals surface area contributed by atoms with Gasteiger partial charge >= 0.3 is 0 Å². The van der Waals surface area contributed by atoms with E-state index >= 15 is 0 Å². The van der Waals surface area contributed by atoms with Crippen LogP contribution in [0.3, 0.4) is 0 Å². The van der Waals surface area contributed by atoms with E-state index in [4.69, 9.17) is 0 Å². The lowest BCUT2D eigenvalue weighted by Gasteiger charge is -2.13. The maximum Gasteiger partial charge on any atom is 0.191 e. The molecular formula is C14H27N5S. The van der Waals surface area contributed by atoms with Crippen LogP contribution in [0.1, 0.15) is 30.2 Å². The molecule has 0 radical (unpaired) electrons. The van der Waals surface area contributed by atoms with Gasteiger partial charge in [0.25, 0.3) is 0 Å². The molecular weight excluding hydrogens is 270 g/mol. The number of guanidine groups is 1. The molecule has 114 valence electrons. The first kappa shape index (κ1) is 16.9. The highest BCUT2D eigenvalue weighted by Crippen LogP contribution is 2.13. The fourth-order valence-electron chi connectivity index (χ4n) is 1.68. The second-order valence-corrected chi connectivity index (χ2v) is 6.05. The predicted molar refractivity (Wildman–Crippen MR) is 87.5 cm³/mol. The van der Waals surface area contributed by atoms with Gasteiger partial charge in [0.1, 0.15) is 5.01 Å². The summed E-state index contributed by atoms with van der Waals surface area (Å²) >= 11 is 1.74. The molecule has 1 aromatic rings. The van der Waals surface area contributed by atoms with Crippen molar-refractivity contribution in [2.45, 2.75) is 33.2 Å². The van der Waals surface area contributed by atoms with Crippen molar-refractivity contribution in [2.75, 3.05) is 33.7 Å². The van der Waals surface area contributed by atoms with Crippen molar-refractivity contribution in [3.8, 4) is 0 Å². The average Bonchev–Trinajstić information content (AvgIpc) is 2.88. The van der Waals surface area contributed by atoms with Crippen molar-refractivity contribution >= 4 is 17.3 Å². The Hall–Kier alpha value is -1.14. The second kappa shape index (κ2) is 9.72. The first-order valence-corrected chi connectivity index (χ1v) is 8.07. The largest absolute Gasteiger partial charge is 0.357 e. The summed E-state index contributed by atoms with van der Waals surface area (Å²) in [4.78, 5) is 12.5. The number of nitrogens with one attached hydrogen (secondary N) is 2. The third-order valence-corrected chi connectivity index (χ3v) is 3.87. The minimum absolute atomic E-state index is 0.647. The zero-order valence-corrected chi connectivity index (χ0v) is 13.9. The summed E-state index contributed by atoms with van der Waals surface area (Å²) in [7, 11) is 4.18. The molecule has 5 nitrogen and oxygen atoms in total. The van der Waals surface area contributed by atoms with E-state index in [1.165, 1.54) is 4.88 Å². The quantitative estimate of drug-likeness (QED) is 0.436. The minimum atomic E-state index is 0.647. The molecule has 20 heavy (non-hydrogen) atoms. The summed E-state index contributed by atoms with van der Waals surface area (Å²) < 4.78 is 0. The van der Waals surface area contributed by atoms with E-state index in [1.54, 1.807) is 11.3 Å². The Morgan fingerprint density at radius 1 is 1.35 bits per heavy atom. The SMILES string of the molecule is CCNC(=NCc1ncc(CC)s1)NCCCN(C)C. The lowest BCUT2D eigenvalue weighted by molar-refractivity contribution is 0.399. The highest BCUT2D eigenvalue weighted by atomic mass is 32.1. The number of rotatable bonds is 8. The molecule has 6 heteroatoms. The molecule has 0 saturated heterocycles. The summed E-state index contributed by atoms with van der Waals surface area (Å²) in [5, 5.41) is 7.70. The van der Waals surface area contributed by atoms with Gasteiger partial charge < -0.3 is 15.5 Å². The summed E-state index contributed by atoms with van der Waals surface area (Å²) in [6.45, 7) is 7.76. The van der Waals surface area contributed by atoms with Crippen LogP contribution in [0.2, 0.25) is 0 Å². The van der Waals surface area contributed by atoms with Crippen LogP contribution in [-0.2, 0) is 13.0 Å². The summed E-state index contributed by atoms with van der Waals surface area (Å²) in [6, 6.07) is 0. The van der Waals surface area contributed by atoms with E-state index in [1.807, 2.05) is 6.20 Å². The molecule has 0 atom stereocenters. The minimum Gasteiger partial charge on any atom is -0.357 e. The topological polar surface area (TPSA) is 52.6 Å². The summed E-state index contributed by atoms with van der Waals surface area (Å²) in [5.74, 6) is 0.875. The van der Waals surface area contributed by atoms with E-state index in [0.717, 1.165) is 43.4 Å². The van der Waals surface area contributed by atoms with Crippen LogP contribution in [0, 0.1) is 0 Å². The smallest absolute Gasteiger partial charge is 0.191 e. The Morgan fingerprint density at radius 2 is 2.15 bits per heavy atom. The Morgan fingerprint density at radius 3 is 2.75 bits per heavy atom. The van der Waals surface area contributed by atoms with Gasteiger partial charge in [-0.25, -0.2) is 9.98 Å². The van der Waals surface area contributed by atoms with E-state index in [2.05, 4.69) is 53.5 Å². The molecule has 1 heterocycles. The molecule has 0 unspecified atom stereocenters. The fourth-order valence-corrected chi connectivity index (χ4v) is 2.46. The molecule has 0 spiro atoms. The number of aromatic nitrogens is 1. The van der Waals surface area contributed by atoms with Gasteiger partial charge in [-0.05, 0) is 40.4 Å². The standard InChI is InChI=1S/C14H27N5S/c1-5-12-10-17-13(20-12)11-18-14(15-6-2)16-8-7-9-19(3)4/h10H,5-9,11H2,1-4H3,(H2,15,16,18). The van der Waals surface area contributed by atoms with Gasteiger partial charge in [-0.15, -0.1) is 11.3 Å². The van der Waals surface area contributed by atoms with Crippen molar-refractivity contribution in [1.82, 2.24) is 20.5 Å². The van der Waals surface area contributed by atoms with E-state index in [0.29, 0.717) is 6.54 Å². The van der Waals surface area contributed by atoms with Crippen molar-refractivity contribution in [2.24, 2.45) is 4.99 Å². The monoisotopic (exact) mass is 297 g/mol. The van der Waals surface area contributed by atoms with Gasteiger partial charge in [0, 0.05) is 24.2 Å². The van der Waals surface area contributed by atoms with E-state index in [9.17, 15) is 0 Å². The number of aliphatic imine (C=N–C) groups is 1. The number of thiazole rings is 1. The molecule has 0 bridgehead atoms. The lowest BCUT2D eigenvalue weighted by Crippen LogP contribution is -2.38. The van der Waals surface area contributed by atoms with Crippen LogP contribution in [0.5, 0.6) is 0 Å². The maximum absolute atomic E-state index is 4.58. The molecule has 0 aliphatic rings. The maximum atomic E-state index is 4.58. The number of hydrogen-bond acceptors (Lipinski definition) is 4. The van der Waals surface area contributed by atoms with Gasteiger partial charge in [-0.2, -0.15) is 0 Å². The molecule has 1 aromatic heterocycles. The van der Waals surface area contributed by atoms with Crippen LogP contribution in [0.15, 0.2) is 11.2 Å². The van der Waals surface area contributed by atoms with Crippen molar-refractivity contribution in [3.63, 3.8) is 0 Å². The molecule has 0 fully saturated rings. The van der Waals surface area contributed by atoms with E-state index < -0.39 is 0 Å². The highest BCUT2D eigenvalue weighted by molar-refractivity contribution is 7.11. The molecule has 0 amide bonds. The normalized spacial score (nSPS) is 11.9. The van der Waals surface area contributed by atoms with Gasteiger partial charge in [-0.3, -0.25) is 0 Å². The lowest BCUT2D eigenvalue weighted by atomic mass is 10.4. The first-order valence-electron chi connectivity index (χ1n) is 7.26. The van der Waals surface area contributed by atoms with Gasteiger partial charge in [0.15, 0.2) is 5.96 Å². The predicted octanol–water partition coefficient (Wildman–Crippen LogP) is 1.71. The third-order valence-electron chi connectivity index (χ3n) is 2.74. The molecule has 2 N–H and O–H groups in total. The molecule has 0 aliphatic carbocycles. The van der Waals surface area contributed by atoms with Crippen molar-refractivity contribution in [3.05, 3.63) is 16.1 Å². The summed E-state index contributed by atoms with van der Waals surface area (Å²) in [5.41, 5.74) is 0. The van der Waals surface area contributed by atoms with Crippen molar-refractivity contribution < 1.29 is 0 Å². The fraction of sp³-hybridized carbons (Fsp3) is 0.714. The number of aryl methyl sites for hydroxylation is 1. The average molecular weight is 297 g/mol. The van der Waals surface area contributed by atoms with Crippen LogP contribution in [-0.4, -0.2) is 49.6 Å². The Labute approximate surface area is 126 Å². The number of hydrogen-bond donors (Lipinski definition) is 2. The summed E-state index contributed by atoms with van der Waals surface area (Å²) in [6.07, 6.45) is 4.10. The van der Waals surface area contributed by atoms with Gasteiger partial charge in [-0.1, -0.05) is 6.92 Å². The van der Waals surface area contributed by atoms with Crippen LogP contribution in [0.4, 0.5) is 0 Å². The third kappa shape index (κ3) is 6.86. The van der Waals surface area contributed by atoms with Crippen LogP contribution >= 0.6 is 11.3 Å². The Balaban J connectivity index is 2.41. The zero-order chi connectivity index (χ0) is 14.8. The number of nitrogens with zero attached hydrogens (tertiary/aromatic N) is 3. The zero-order valence-electron chi connectivity index (χ0n) is 13.1. The van der Waals surface area contributed by atoms with E-state index in [-0.39, 0.29) is 0 Å². The van der Waals surface area contributed by atoms with Crippen molar-refractivity contribution in [1.29, 1.82) is 0 Å². The molecule has 0 aromatic carbocycles. The molecule has 0 aliphatic heterocycles. The highest BCUT2D eigenvalue weighted by Gasteiger charge is 2.01. The molecule has 1 rings (SSSR count). The Bertz CT molecular complexity index is 400. The van der Waals surface area contributed by atoms with Crippen LogP contribution < -0.4 is 10.6 Å². The van der Waals surface area contributed by atoms with Gasteiger partial charge in [0.2, 0.25) is 0 Å². The molecule has 0 saturated carbocycles. The van der Waals surface area contributed by atoms with Crippen LogP contribution in [0.25, 0.3) is 0 Å². The second-order valence-electron chi connectivity index (χ2n) is 4.85. The first-order chi connectivity index (χ1) is 9.65.